The van der Waals surface area contributed by atoms with Gasteiger partial charge in [-0.15, -0.1) is 0 Å². The van der Waals surface area contributed by atoms with Crippen LogP contribution in [0.3, 0.4) is 0 Å². The van der Waals surface area contributed by atoms with Crippen molar-refractivity contribution in [3.05, 3.63) is 59.2 Å². The Hall–Kier alpha value is -2.29. The molecule has 120 valence electrons. The zero-order valence-electron chi connectivity index (χ0n) is 13.9. The van der Waals surface area contributed by atoms with E-state index in [2.05, 4.69) is 29.3 Å². The lowest BCUT2D eigenvalue weighted by molar-refractivity contribution is 0.102. The number of hydrogen-bond acceptors (Lipinski definition) is 2. The van der Waals surface area contributed by atoms with Crippen LogP contribution < -0.4 is 10.2 Å². The average Bonchev–Trinajstić information content (AvgIpc) is 2.57. The molecule has 0 radical (unpaired) electrons. The number of nitrogens with zero attached hydrogens (tertiary/aromatic N) is 1. The third-order valence-electron chi connectivity index (χ3n) is 4.46. The van der Waals surface area contributed by atoms with Gasteiger partial charge in [-0.25, -0.2) is 0 Å². The Morgan fingerprint density at radius 3 is 2.48 bits per heavy atom. The standard InChI is InChI=1S/C20H24N2O/c1-15-7-6-8-17(13-15)20(23)21-19-10-9-18(14-16(19)2)22-11-4-3-5-12-22/h6-10,13-14H,3-5,11-12H2,1-2H3,(H,21,23). The van der Waals surface area contributed by atoms with E-state index in [0.29, 0.717) is 5.56 Å². The molecule has 2 aromatic rings. The van der Waals surface area contributed by atoms with Gasteiger partial charge in [0, 0.05) is 30.0 Å². The highest BCUT2D eigenvalue weighted by Crippen LogP contribution is 2.25. The molecule has 1 aliphatic heterocycles. The Bertz CT molecular complexity index is 703. The van der Waals surface area contributed by atoms with Crippen LogP contribution in [0.2, 0.25) is 0 Å². The molecule has 0 spiro atoms. The van der Waals surface area contributed by atoms with Crippen LogP contribution in [-0.4, -0.2) is 19.0 Å². The number of hydrogen-bond donors (Lipinski definition) is 1. The van der Waals surface area contributed by atoms with Gasteiger partial charge in [-0.2, -0.15) is 0 Å². The summed E-state index contributed by atoms with van der Waals surface area (Å²) in [5.74, 6) is -0.0532. The van der Waals surface area contributed by atoms with Gasteiger partial charge in [-0.3, -0.25) is 4.79 Å². The molecule has 1 N–H and O–H groups in total. The molecule has 0 atom stereocenters. The predicted octanol–water partition coefficient (Wildman–Crippen LogP) is 4.55. The molecule has 1 saturated heterocycles. The van der Waals surface area contributed by atoms with Gasteiger partial charge in [0.15, 0.2) is 0 Å². The molecule has 0 aromatic heterocycles. The van der Waals surface area contributed by atoms with Crippen molar-refractivity contribution in [1.82, 2.24) is 0 Å². The van der Waals surface area contributed by atoms with Crippen LogP contribution in [0.5, 0.6) is 0 Å². The second-order valence-electron chi connectivity index (χ2n) is 6.37. The fourth-order valence-corrected chi connectivity index (χ4v) is 3.12. The van der Waals surface area contributed by atoms with Gasteiger partial charge in [0.1, 0.15) is 0 Å². The number of aryl methyl sites for hydroxylation is 2. The Morgan fingerprint density at radius 2 is 1.78 bits per heavy atom. The smallest absolute Gasteiger partial charge is 0.255 e. The molecule has 2 aromatic carbocycles. The largest absolute Gasteiger partial charge is 0.372 e. The first kappa shape index (κ1) is 15.6. The van der Waals surface area contributed by atoms with E-state index in [9.17, 15) is 4.79 Å². The predicted molar refractivity (Wildman–Crippen MR) is 96.4 cm³/mol. The van der Waals surface area contributed by atoms with Crippen LogP contribution in [0.4, 0.5) is 11.4 Å². The van der Waals surface area contributed by atoms with Crippen LogP contribution in [0.25, 0.3) is 0 Å². The van der Waals surface area contributed by atoms with E-state index in [1.54, 1.807) is 0 Å². The zero-order valence-corrected chi connectivity index (χ0v) is 13.9. The number of piperidine rings is 1. The lowest BCUT2D eigenvalue weighted by Crippen LogP contribution is -2.29. The number of nitrogens with one attached hydrogen (secondary N) is 1. The molecule has 3 heteroatoms. The second kappa shape index (κ2) is 6.86. The number of carbonyl (C=O) groups is 1. The molecule has 0 aliphatic carbocycles. The minimum Gasteiger partial charge on any atom is -0.372 e. The van der Waals surface area contributed by atoms with Gasteiger partial charge in [0.05, 0.1) is 0 Å². The number of rotatable bonds is 3. The van der Waals surface area contributed by atoms with E-state index in [-0.39, 0.29) is 5.91 Å². The van der Waals surface area contributed by atoms with Crippen molar-refractivity contribution in [3.63, 3.8) is 0 Å². The minimum atomic E-state index is -0.0532. The van der Waals surface area contributed by atoms with Gasteiger partial charge < -0.3 is 10.2 Å². The number of anilines is 2. The van der Waals surface area contributed by atoms with E-state index >= 15 is 0 Å². The topological polar surface area (TPSA) is 32.3 Å². The fraction of sp³-hybridized carbons (Fsp3) is 0.350. The molecule has 1 heterocycles. The highest BCUT2D eigenvalue weighted by molar-refractivity contribution is 6.04. The molecule has 1 fully saturated rings. The van der Waals surface area contributed by atoms with Gasteiger partial charge in [0.2, 0.25) is 0 Å². The number of benzene rings is 2. The first-order chi connectivity index (χ1) is 11.1. The van der Waals surface area contributed by atoms with E-state index in [4.69, 9.17) is 0 Å². The van der Waals surface area contributed by atoms with Crippen LogP contribution in [-0.2, 0) is 0 Å². The Labute approximate surface area is 138 Å². The van der Waals surface area contributed by atoms with Crippen molar-refractivity contribution in [3.8, 4) is 0 Å². The first-order valence-electron chi connectivity index (χ1n) is 8.37. The van der Waals surface area contributed by atoms with E-state index in [0.717, 1.165) is 29.9 Å². The van der Waals surface area contributed by atoms with Crippen LogP contribution in [0.15, 0.2) is 42.5 Å². The summed E-state index contributed by atoms with van der Waals surface area (Å²) in [4.78, 5) is 14.8. The summed E-state index contributed by atoms with van der Waals surface area (Å²) >= 11 is 0. The van der Waals surface area contributed by atoms with Crippen molar-refractivity contribution in [2.24, 2.45) is 0 Å². The molecular weight excluding hydrogens is 284 g/mol. The lowest BCUT2D eigenvalue weighted by Gasteiger charge is -2.29. The summed E-state index contributed by atoms with van der Waals surface area (Å²) in [5, 5.41) is 3.03. The maximum Gasteiger partial charge on any atom is 0.255 e. The number of carbonyl (C=O) groups excluding carboxylic acids is 1. The average molecular weight is 308 g/mol. The fourth-order valence-electron chi connectivity index (χ4n) is 3.12. The SMILES string of the molecule is Cc1cccc(C(=O)Nc2ccc(N3CCCCC3)cc2C)c1. The van der Waals surface area contributed by atoms with E-state index in [1.165, 1.54) is 24.9 Å². The monoisotopic (exact) mass is 308 g/mol. The van der Waals surface area contributed by atoms with Gasteiger partial charge in [-0.1, -0.05) is 17.7 Å². The van der Waals surface area contributed by atoms with Gasteiger partial charge in [-0.05, 0) is 69.0 Å². The van der Waals surface area contributed by atoms with Crippen molar-refractivity contribution in [2.45, 2.75) is 33.1 Å². The molecule has 0 unspecified atom stereocenters. The van der Waals surface area contributed by atoms with Gasteiger partial charge >= 0.3 is 0 Å². The second-order valence-corrected chi connectivity index (χ2v) is 6.37. The first-order valence-corrected chi connectivity index (χ1v) is 8.37. The maximum absolute atomic E-state index is 12.4. The Balaban J connectivity index is 1.74. The van der Waals surface area contributed by atoms with E-state index < -0.39 is 0 Å². The molecule has 1 amide bonds. The molecule has 3 nitrogen and oxygen atoms in total. The summed E-state index contributed by atoms with van der Waals surface area (Å²) < 4.78 is 0. The zero-order chi connectivity index (χ0) is 16.2. The summed E-state index contributed by atoms with van der Waals surface area (Å²) in [6, 6.07) is 14.0. The summed E-state index contributed by atoms with van der Waals surface area (Å²) in [7, 11) is 0. The van der Waals surface area contributed by atoms with Crippen molar-refractivity contribution < 1.29 is 4.79 Å². The maximum atomic E-state index is 12.4. The minimum absolute atomic E-state index is 0.0532. The Morgan fingerprint density at radius 1 is 1.00 bits per heavy atom. The highest BCUT2D eigenvalue weighted by Gasteiger charge is 2.13. The molecule has 1 aliphatic rings. The summed E-state index contributed by atoms with van der Waals surface area (Å²) in [6.45, 7) is 6.32. The lowest BCUT2D eigenvalue weighted by atomic mass is 10.1. The van der Waals surface area contributed by atoms with Crippen LogP contribution in [0, 0.1) is 13.8 Å². The summed E-state index contributed by atoms with van der Waals surface area (Å²) in [6.07, 6.45) is 3.87. The molecular formula is C20H24N2O. The molecule has 0 bridgehead atoms. The van der Waals surface area contributed by atoms with Crippen molar-refractivity contribution in [1.29, 1.82) is 0 Å². The highest BCUT2D eigenvalue weighted by atomic mass is 16.1. The third-order valence-corrected chi connectivity index (χ3v) is 4.46. The molecule has 23 heavy (non-hydrogen) atoms. The quantitative estimate of drug-likeness (QED) is 0.902. The van der Waals surface area contributed by atoms with Crippen LogP contribution >= 0.6 is 0 Å². The van der Waals surface area contributed by atoms with Crippen molar-refractivity contribution in [2.75, 3.05) is 23.3 Å². The van der Waals surface area contributed by atoms with Gasteiger partial charge in [0.25, 0.3) is 5.91 Å². The van der Waals surface area contributed by atoms with Crippen LogP contribution in [0.1, 0.15) is 40.7 Å². The molecule has 3 rings (SSSR count). The van der Waals surface area contributed by atoms with Crippen molar-refractivity contribution >= 4 is 17.3 Å². The third kappa shape index (κ3) is 3.73. The Kier molecular flexibility index (Phi) is 4.65. The molecule has 0 saturated carbocycles. The van der Waals surface area contributed by atoms with E-state index in [1.807, 2.05) is 37.3 Å². The normalized spacial score (nSPS) is 14.6. The number of amides is 1. The summed E-state index contributed by atoms with van der Waals surface area (Å²) in [5.41, 5.74) is 5.04.